The van der Waals surface area contributed by atoms with E-state index in [0.29, 0.717) is 23.4 Å². The third kappa shape index (κ3) is 5.44. The molecule has 3 N–H and O–H groups in total. The van der Waals surface area contributed by atoms with Gasteiger partial charge in [-0.1, -0.05) is 19.3 Å². The van der Waals surface area contributed by atoms with Crippen LogP contribution in [0.4, 0.5) is 11.4 Å². The zero-order valence-electron chi connectivity index (χ0n) is 18.7. The minimum atomic E-state index is -0.0528. The standard InChI is InChI=1S/C25H30N4O2S2/c30-22(27-18-12-10-17(11-13-18)26-16-6-2-1-3-7-16)15-32-14-21-28-24(31)23-19-8-4-5-9-20(19)33-25(23)29-21/h10-13,16,26H,1-9,14-15H2,(H,27,30)(H,28,29,31). The van der Waals surface area contributed by atoms with Gasteiger partial charge in [0.25, 0.3) is 5.56 Å². The summed E-state index contributed by atoms with van der Waals surface area (Å²) in [6, 6.07) is 8.51. The Balaban J connectivity index is 1.12. The Morgan fingerprint density at radius 1 is 1.06 bits per heavy atom. The number of anilines is 2. The molecule has 1 saturated carbocycles. The van der Waals surface area contributed by atoms with E-state index < -0.39 is 0 Å². The predicted octanol–water partition coefficient (Wildman–Crippen LogP) is 5.48. The van der Waals surface area contributed by atoms with Crippen LogP contribution in [0.1, 0.15) is 61.2 Å². The summed E-state index contributed by atoms with van der Waals surface area (Å²) in [7, 11) is 0. The second-order valence-electron chi connectivity index (χ2n) is 9.00. The van der Waals surface area contributed by atoms with Crippen molar-refractivity contribution in [2.45, 2.75) is 69.6 Å². The molecule has 0 bridgehead atoms. The van der Waals surface area contributed by atoms with E-state index in [9.17, 15) is 9.59 Å². The summed E-state index contributed by atoms with van der Waals surface area (Å²) in [5.74, 6) is 1.40. The molecule has 1 fully saturated rings. The number of aromatic nitrogens is 2. The Morgan fingerprint density at radius 3 is 2.64 bits per heavy atom. The number of nitrogens with zero attached hydrogens (tertiary/aromatic N) is 1. The third-order valence-corrected chi connectivity index (χ3v) is 8.62. The SMILES string of the molecule is O=C(CSCc1nc2sc3c(c2c(=O)[nH]1)CCCC3)Nc1ccc(NC2CCCCC2)cc1. The van der Waals surface area contributed by atoms with Crippen molar-refractivity contribution < 1.29 is 4.79 Å². The first-order chi connectivity index (χ1) is 16.2. The highest BCUT2D eigenvalue weighted by molar-refractivity contribution is 7.99. The first-order valence-corrected chi connectivity index (χ1v) is 13.9. The average Bonchev–Trinajstić information content (AvgIpc) is 3.20. The van der Waals surface area contributed by atoms with E-state index in [2.05, 4.69) is 20.6 Å². The van der Waals surface area contributed by atoms with E-state index in [1.165, 1.54) is 60.7 Å². The number of carbonyl (C=O) groups is 1. The Labute approximate surface area is 202 Å². The molecule has 0 radical (unpaired) electrons. The molecule has 0 aliphatic heterocycles. The summed E-state index contributed by atoms with van der Waals surface area (Å²) >= 11 is 3.12. The number of thioether (sulfide) groups is 1. The average molecular weight is 483 g/mol. The lowest BCUT2D eigenvalue weighted by Crippen LogP contribution is -2.22. The zero-order chi connectivity index (χ0) is 22.6. The largest absolute Gasteiger partial charge is 0.382 e. The summed E-state index contributed by atoms with van der Waals surface area (Å²) < 4.78 is 0. The molecule has 3 aromatic rings. The van der Waals surface area contributed by atoms with Crippen molar-refractivity contribution in [1.29, 1.82) is 0 Å². The van der Waals surface area contributed by atoms with E-state index in [1.54, 1.807) is 11.3 Å². The highest BCUT2D eigenvalue weighted by Gasteiger charge is 2.20. The molecule has 2 aromatic heterocycles. The first-order valence-electron chi connectivity index (χ1n) is 11.9. The lowest BCUT2D eigenvalue weighted by Gasteiger charge is -2.23. The molecule has 0 saturated heterocycles. The first kappa shape index (κ1) is 22.5. The second-order valence-corrected chi connectivity index (χ2v) is 11.1. The summed E-state index contributed by atoms with van der Waals surface area (Å²) in [6.45, 7) is 0. The molecule has 0 atom stereocenters. The van der Waals surface area contributed by atoms with Crippen LogP contribution >= 0.6 is 23.1 Å². The van der Waals surface area contributed by atoms with Gasteiger partial charge in [0.15, 0.2) is 0 Å². The summed E-state index contributed by atoms with van der Waals surface area (Å²) in [5.41, 5.74) is 3.07. The van der Waals surface area contributed by atoms with Gasteiger partial charge in [0.05, 0.1) is 16.9 Å². The molecule has 1 amide bonds. The smallest absolute Gasteiger partial charge is 0.259 e. The molecule has 6 nitrogen and oxygen atoms in total. The van der Waals surface area contributed by atoms with Gasteiger partial charge in [-0.15, -0.1) is 23.1 Å². The Morgan fingerprint density at radius 2 is 1.82 bits per heavy atom. The molecule has 8 heteroatoms. The van der Waals surface area contributed by atoms with Crippen molar-refractivity contribution in [1.82, 2.24) is 9.97 Å². The number of hydrogen-bond donors (Lipinski definition) is 3. The van der Waals surface area contributed by atoms with E-state index >= 15 is 0 Å². The Bertz CT molecular complexity index is 1180. The van der Waals surface area contributed by atoms with Gasteiger partial charge in [-0.25, -0.2) is 4.98 Å². The molecule has 2 aliphatic carbocycles. The fourth-order valence-corrected chi connectivity index (χ4v) is 6.82. The van der Waals surface area contributed by atoms with Crippen LogP contribution in [0, 0.1) is 0 Å². The maximum Gasteiger partial charge on any atom is 0.259 e. The number of carbonyl (C=O) groups excluding carboxylic acids is 1. The molecular formula is C25H30N4O2S2. The van der Waals surface area contributed by atoms with E-state index in [0.717, 1.165) is 40.9 Å². The van der Waals surface area contributed by atoms with Crippen molar-refractivity contribution in [3.05, 3.63) is 50.9 Å². The maximum absolute atomic E-state index is 12.6. The predicted molar refractivity (Wildman–Crippen MR) is 139 cm³/mol. The number of amides is 1. The number of aryl methyl sites for hydroxylation is 2. The molecule has 0 unspecified atom stereocenters. The Hall–Kier alpha value is -2.32. The molecule has 174 valence electrons. The van der Waals surface area contributed by atoms with Crippen molar-refractivity contribution in [2.75, 3.05) is 16.4 Å². The maximum atomic E-state index is 12.6. The highest BCUT2D eigenvalue weighted by Crippen LogP contribution is 2.33. The van der Waals surface area contributed by atoms with Crippen LogP contribution < -0.4 is 16.2 Å². The van der Waals surface area contributed by atoms with Gasteiger partial charge in [0, 0.05) is 22.3 Å². The van der Waals surface area contributed by atoms with Crippen molar-refractivity contribution in [2.24, 2.45) is 0 Å². The minimum absolute atomic E-state index is 0.0404. The molecule has 1 aromatic carbocycles. The van der Waals surface area contributed by atoms with Gasteiger partial charge in [-0.2, -0.15) is 0 Å². The van der Waals surface area contributed by atoms with Crippen LogP contribution in [0.5, 0.6) is 0 Å². The molecule has 33 heavy (non-hydrogen) atoms. The van der Waals surface area contributed by atoms with Gasteiger partial charge in [0.1, 0.15) is 10.7 Å². The van der Waals surface area contributed by atoms with E-state index in [4.69, 9.17) is 0 Å². The monoisotopic (exact) mass is 482 g/mol. The van der Waals surface area contributed by atoms with Crippen LogP contribution in [0.2, 0.25) is 0 Å². The lowest BCUT2D eigenvalue weighted by molar-refractivity contribution is -0.113. The molecule has 0 spiro atoms. The summed E-state index contributed by atoms with van der Waals surface area (Å²) in [5, 5.41) is 7.33. The third-order valence-electron chi connectivity index (χ3n) is 6.49. The van der Waals surface area contributed by atoms with Crippen LogP contribution in [0.3, 0.4) is 0 Å². The number of H-pyrrole nitrogens is 1. The number of aromatic amines is 1. The molecule has 2 aliphatic rings. The number of benzene rings is 1. The van der Waals surface area contributed by atoms with Crippen LogP contribution in [-0.2, 0) is 23.4 Å². The van der Waals surface area contributed by atoms with E-state index in [-0.39, 0.29) is 11.5 Å². The van der Waals surface area contributed by atoms with Gasteiger partial charge < -0.3 is 15.6 Å². The van der Waals surface area contributed by atoms with Gasteiger partial charge in [-0.05, 0) is 68.4 Å². The number of thiophene rings is 1. The van der Waals surface area contributed by atoms with E-state index in [1.807, 2.05) is 24.3 Å². The fraction of sp³-hybridized carbons (Fsp3) is 0.480. The fourth-order valence-electron chi connectivity index (χ4n) is 4.85. The van der Waals surface area contributed by atoms with Crippen molar-refractivity contribution >= 4 is 50.6 Å². The number of fused-ring (bicyclic) bond motifs is 3. The highest BCUT2D eigenvalue weighted by atomic mass is 32.2. The lowest BCUT2D eigenvalue weighted by atomic mass is 9.95. The van der Waals surface area contributed by atoms with Gasteiger partial charge in [-0.3, -0.25) is 9.59 Å². The minimum Gasteiger partial charge on any atom is -0.382 e. The van der Waals surface area contributed by atoms with Gasteiger partial charge in [0.2, 0.25) is 5.91 Å². The molecular weight excluding hydrogens is 452 g/mol. The second kappa shape index (κ2) is 10.3. The molecule has 2 heterocycles. The quantitative estimate of drug-likeness (QED) is 0.415. The Kier molecular flexibility index (Phi) is 7.02. The van der Waals surface area contributed by atoms with Gasteiger partial charge >= 0.3 is 0 Å². The number of nitrogens with one attached hydrogen (secondary N) is 3. The molecule has 5 rings (SSSR count). The van der Waals surface area contributed by atoms with Crippen LogP contribution in [-0.4, -0.2) is 27.7 Å². The summed E-state index contributed by atoms with van der Waals surface area (Å²) in [6.07, 6.45) is 10.8. The zero-order valence-corrected chi connectivity index (χ0v) is 20.4. The van der Waals surface area contributed by atoms with Crippen LogP contribution in [0.15, 0.2) is 29.1 Å². The number of hydrogen-bond acceptors (Lipinski definition) is 6. The normalized spacial score (nSPS) is 16.5. The topological polar surface area (TPSA) is 86.9 Å². The number of rotatable bonds is 7. The van der Waals surface area contributed by atoms with Crippen molar-refractivity contribution in [3.8, 4) is 0 Å². The van der Waals surface area contributed by atoms with Crippen LogP contribution in [0.25, 0.3) is 10.2 Å². The van der Waals surface area contributed by atoms with Crippen molar-refractivity contribution in [3.63, 3.8) is 0 Å². The summed E-state index contributed by atoms with van der Waals surface area (Å²) in [4.78, 5) is 34.8.